The zero-order chi connectivity index (χ0) is 17.9. The first kappa shape index (κ1) is 17.7. The van der Waals surface area contributed by atoms with Gasteiger partial charge in [-0.15, -0.1) is 0 Å². The fraction of sp³-hybridized carbons (Fsp3) is 0.250. The maximum absolute atomic E-state index is 12.4. The molecule has 7 nitrogen and oxygen atoms in total. The Morgan fingerprint density at radius 3 is 2.46 bits per heavy atom. The Bertz CT molecular complexity index is 725. The van der Waals surface area contributed by atoms with Crippen LogP contribution < -0.4 is 0 Å². The van der Waals surface area contributed by atoms with Crippen molar-refractivity contribution in [2.45, 2.75) is 19.9 Å². The molecule has 2 rings (SSSR count). The predicted octanol–water partition coefficient (Wildman–Crippen LogP) is 2.37. The van der Waals surface area contributed by atoms with Crippen LogP contribution in [-0.2, 0) is 14.3 Å². The summed E-state index contributed by atoms with van der Waals surface area (Å²) >= 11 is 0.725. The van der Waals surface area contributed by atoms with Gasteiger partial charge in [0.05, 0.1) is 17.1 Å². The summed E-state index contributed by atoms with van der Waals surface area (Å²) in [7, 11) is 0. The number of imide groups is 1. The van der Waals surface area contributed by atoms with E-state index in [9.17, 15) is 19.2 Å². The number of ether oxygens (including phenoxy) is 1. The zero-order valence-corrected chi connectivity index (χ0v) is 13.8. The standard InChI is InChI=1S/C16H15NO6S/c1-3-23-15(21)9(2)17-13(18)12(24-16(17)22)8-10-4-6-11(7-5-10)14(19)20/h4-9H,3H2,1-2H3,(H,19,20)/b12-8-/t9-/m0/s1. The average molecular weight is 349 g/mol. The lowest BCUT2D eigenvalue weighted by Crippen LogP contribution is -2.42. The molecule has 0 unspecified atom stereocenters. The summed E-state index contributed by atoms with van der Waals surface area (Å²) in [6.07, 6.45) is 1.48. The van der Waals surface area contributed by atoms with Crippen molar-refractivity contribution in [2.24, 2.45) is 0 Å². The van der Waals surface area contributed by atoms with Crippen LogP contribution in [-0.4, -0.2) is 45.7 Å². The van der Waals surface area contributed by atoms with Crippen molar-refractivity contribution in [1.82, 2.24) is 4.90 Å². The van der Waals surface area contributed by atoms with Gasteiger partial charge in [0, 0.05) is 0 Å². The van der Waals surface area contributed by atoms with E-state index in [1.54, 1.807) is 6.92 Å². The van der Waals surface area contributed by atoms with Gasteiger partial charge < -0.3 is 9.84 Å². The van der Waals surface area contributed by atoms with Crippen molar-refractivity contribution in [3.63, 3.8) is 0 Å². The molecular weight excluding hydrogens is 334 g/mol. The fourth-order valence-electron chi connectivity index (χ4n) is 2.06. The lowest BCUT2D eigenvalue weighted by Gasteiger charge is -2.19. The van der Waals surface area contributed by atoms with Crippen LogP contribution in [0.3, 0.4) is 0 Å². The Morgan fingerprint density at radius 2 is 1.92 bits per heavy atom. The van der Waals surface area contributed by atoms with Crippen molar-refractivity contribution >= 4 is 40.9 Å². The van der Waals surface area contributed by atoms with Crippen molar-refractivity contribution < 1.29 is 29.0 Å². The Balaban J connectivity index is 2.21. The minimum atomic E-state index is -1.05. The molecule has 1 saturated heterocycles. The second-order valence-corrected chi connectivity index (χ2v) is 5.90. The average Bonchev–Trinajstić information content (AvgIpc) is 2.81. The summed E-state index contributed by atoms with van der Waals surface area (Å²) in [6, 6.07) is 4.87. The number of nitrogens with zero attached hydrogens (tertiary/aromatic N) is 1. The highest BCUT2D eigenvalue weighted by Crippen LogP contribution is 2.33. The normalized spacial score (nSPS) is 17.2. The van der Waals surface area contributed by atoms with Crippen molar-refractivity contribution in [2.75, 3.05) is 6.61 Å². The minimum absolute atomic E-state index is 0.121. The van der Waals surface area contributed by atoms with E-state index < -0.39 is 29.1 Å². The highest BCUT2D eigenvalue weighted by Gasteiger charge is 2.41. The third kappa shape index (κ3) is 3.65. The van der Waals surface area contributed by atoms with Gasteiger partial charge in [0.1, 0.15) is 6.04 Å². The highest BCUT2D eigenvalue weighted by atomic mass is 32.2. The van der Waals surface area contributed by atoms with Gasteiger partial charge in [-0.25, -0.2) is 9.59 Å². The number of carboxylic acids is 1. The molecule has 0 aromatic heterocycles. The molecule has 126 valence electrons. The molecule has 0 radical (unpaired) electrons. The monoisotopic (exact) mass is 349 g/mol. The van der Waals surface area contributed by atoms with E-state index in [-0.39, 0.29) is 17.1 Å². The van der Waals surface area contributed by atoms with E-state index in [1.807, 2.05) is 0 Å². The molecule has 0 spiro atoms. The number of carbonyl (C=O) groups is 4. The van der Waals surface area contributed by atoms with Gasteiger partial charge in [0.25, 0.3) is 11.1 Å². The van der Waals surface area contributed by atoms with Gasteiger partial charge >= 0.3 is 11.9 Å². The summed E-state index contributed by atoms with van der Waals surface area (Å²) in [4.78, 5) is 48.0. The lowest BCUT2D eigenvalue weighted by atomic mass is 10.1. The van der Waals surface area contributed by atoms with Crippen molar-refractivity contribution in [1.29, 1.82) is 0 Å². The Morgan fingerprint density at radius 1 is 1.29 bits per heavy atom. The van der Waals surface area contributed by atoms with Crippen LogP contribution in [0.25, 0.3) is 6.08 Å². The second-order valence-electron chi connectivity index (χ2n) is 4.91. The van der Waals surface area contributed by atoms with E-state index in [4.69, 9.17) is 9.84 Å². The number of esters is 1. The number of amides is 2. The van der Waals surface area contributed by atoms with Crippen LogP contribution in [0, 0.1) is 0 Å². The number of hydrogen-bond acceptors (Lipinski definition) is 6. The molecule has 1 heterocycles. The maximum atomic E-state index is 12.4. The van der Waals surface area contributed by atoms with Crippen LogP contribution in [0.15, 0.2) is 29.2 Å². The molecule has 1 aromatic rings. The molecule has 8 heteroatoms. The van der Waals surface area contributed by atoms with Crippen molar-refractivity contribution in [3.8, 4) is 0 Å². The largest absolute Gasteiger partial charge is 0.478 e. The van der Waals surface area contributed by atoms with E-state index >= 15 is 0 Å². The van der Waals surface area contributed by atoms with Gasteiger partial charge in [0.15, 0.2) is 0 Å². The Hall–Kier alpha value is -2.61. The number of thioether (sulfide) groups is 1. The first-order valence-electron chi connectivity index (χ1n) is 7.12. The molecule has 1 aliphatic heterocycles. The zero-order valence-electron chi connectivity index (χ0n) is 13.0. The first-order chi connectivity index (χ1) is 11.3. The SMILES string of the molecule is CCOC(=O)[C@H](C)N1C(=O)S/C(=C\c2ccc(C(=O)O)cc2)C1=O. The summed E-state index contributed by atoms with van der Waals surface area (Å²) in [5.74, 6) is -2.27. The quantitative estimate of drug-likeness (QED) is 0.643. The minimum Gasteiger partial charge on any atom is -0.478 e. The highest BCUT2D eigenvalue weighted by molar-refractivity contribution is 8.18. The molecule has 1 aliphatic rings. The van der Waals surface area contributed by atoms with E-state index in [1.165, 1.54) is 37.3 Å². The molecule has 1 aromatic carbocycles. The number of benzene rings is 1. The molecule has 0 bridgehead atoms. The molecule has 0 aliphatic carbocycles. The topological polar surface area (TPSA) is 101 Å². The number of hydrogen-bond donors (Lipinski definition) is 1. The maximum Gasteiger partial charge on any atom is 0.335 e. The number of rotatable bonds is 5. The van der Waals surface area contributed by atoms with E-state index in [0.717, 1.165) is 16.7 Å². The number of carbonyl (C=O) groups excluding carboxylic acids is 3. The molecule has 1 atom stereocenters. The molecule has 0 saturated carbocycles. The van der Waals surface area contributed by atoms with Gasteiger partial charge in [-0.3, -0.25) is 14.5 Å². The fourth-order valence-corrected chi connectivity index (χ4v) is 2.96. The van der Waals surface area contributed by atoms with Crippen LogP contribution in [0.1, 0.15) is 29.8 Å². The lowest BCUT2D eigenvalue weighted by molar-refractivity contribution is -0.150. The molecule has 24 heavy (non-hydrogen) atoms. The summed E-state index contributed by atoms with van der Waals surface area (Å²) < 4.78 is 4.83. The Kier molecular flexibility index (Phi) is 5.40. The van der Waals surface area contributed by atoms with Gasteiger partial charge in [-0.05, 0) is 49.4 Å². The van der Waals surface area contributed by atoms with E-state index in [0.29, 0.717) is 5.56 Å². The molecule has 1 fully saturated rings. The van der Waals surface area contributed by atoms with Crippen LogP contribution in [0.2, 0.25) is 0 Å². The Labute approximate surface area is 142 Å². The summed E-state index contributed by atoms with van der Waals surface area (Å²) in [5.41, 5.74) is 0.700. The third-order valence-electron chi connectivity index (χ3n) is 3.29. The van der Waals surface area contributed by atoms with E-state index in [2.05, 4.69) is 0 Å². The molecular formula is C16H15NO6S. The third-order valence-corrected chi connectivity index (χ3v) is 4.18. The predicted molar refractivity (Wildman–Crippen MR) is 87.3 cm³/mol. The van der Waals surface area contributed by atoms with Gasteiger partial charge in [-0.1, -0.05) is 12.1 Å². The first-order valence-corrected chi connectivity index (χ1v) is 7.93. The summed E-state index contributed by atoms with van der Waals surface area (Å²) in [5, 5.41) is 8.31. The van der Waals surface area contributed by atoms with Gasteiger partial charge in [-0.2, -0.15) is 0 Å². The van der Waals surface area contributed by atoms with Gasteiger partial charge in [0.2, 0.25) is 0 Å². The van der Waals surface area contributed by atoms with Crippen molar-refractivity contribution in [3.05, 3.63) is 40.3 Å². The van der Waals surface area contributed by atoms with Crippen LogP contribution in [0.4, 0.5) is 4.79 Å². The number of carboxylic acid groups (broad SMARTS) is 1. The second kappa shape index (κ2) is 7.31. The molecule has 2 amide bonds. The smallest absolute Gasteiger partial charge is 0.335 e. The summed E-state index contributed by atoms with van der Waals surface area (Å²) in [6.45, 7) is 3.23. The van der Waals surface area contributed by atoms with Crippen LogP contribution in [0.5, 0.6) is 0 Å². The van der Waals surface area contributed by atoms with Crippen LogP contribution >= 0.6 is 11.8 Å². The molecule has 1 N–H and O–H groups in total. The number of aromatic carboxylic acids is 1.